The van der Waals surface area contributed by atoms with E-state index in [-0.39, 0.29) is 11.0 Å². The first kappa shape index (κ1) is 11.2. The lowest BCUT2D eigenvalue weighted by atomic mass is 10.4. The summed E-state index contributed by atoms with van der Waals surface area (Å²) in [5.41, 5.74) is 0.628. The first-order valence-corrected chi connectivity index (χ1v) is 7.24. The Balaban J connectivity index is 2.10. The molecule has 0 bridgehead atoms. The van der Waals surface area contributed by atoms with Crippen molar-refractivity contribution in [3.05, 3.63) is 27.0 Å². The molecule has 0 N–H and O–H groups in total. The molecule has 0 amide bonds. The van der Waals surface area contributed by atoms with E-state index in [0.29, 0.717) is 15.9 Å². The zero-order chi connectivity index (χ0) is 11.8. The topological polar surface area (TPSA) is 46.6 Å². The third kappa shape index (κ3) is 1.99. The molecular weight excluding hydrogens is 306 g/mol. The standard InChI is InChI=1S/C11H10BrNO3S/c12-7-6-15-11-8(14)5-9(16-10(7)11)13-1-3-17-4-2-13/h5-6H,1-4H2. The molecule has 0 unspecified atom stereocenters. The Labute approximate surface area is 110 Å². The monoisotopic (exact) mass is 315 g/mol. The summed E-state index contributed by atoms with van der Waals surface area (Å²) in [6, 6.07) is 1.51. The highest BCUT2D eigenvalue weighted by molar-refractivity contribution is 9.10. The minimum absolute atomic E-state index is 0.134. The van der Waals surface area contributed by atoms with Gasteiger partial charge in [0.15, 0.2) is 11.5 Å². The molecular formula is C11H10BrNO3S. The van der Waals surface area contributed by atoms with E-state index in [1.807, 2.05) is 11.8 Å². The van der Waals surface area contributed by atoms with Crippen LogP contribution in [0.25, 0.3) is 11.2 Å². The van der Waals surface area contributed by atoms with Gasteiger partial charge < -0.3 is 13.7 Å². The van der Waals surface area contributed by atoms with Crippen LogP contribution in [0.2, 0.25) is 0 Å². The molecule has 0 spiro atoms. The van der Waals surface area contributed by atoms with Crippen LogP contribution in [0.3, 0.4) is 0 Å². The summed E-state index contributed by atoms with van der Waals surface area (Å²) in [5.74, 6) is 2.76. The zero-order valence-electron chi connectivity index (χ0n) is 8.94. The average molecular weight is 316 g/mol. The van der Waals surface area contributed by atoms with Gasteiger partial charge in [0, 0.05) is 24.6 Å². The van der Waals surface area contributed by atoms with E-state index in [1.54, 1.807) is 0 Å². The van der Waals surface area contributed by atoms with Crippen LogP contribution >= 0.6 is 27.7 Å². The predicted octanol–water partition coefficient (Wildman–Crippen LogP) is 2.70. The van der Waals surface area contributed by atoms with Gasteiger partial charge in [-0.3, -0.25) is 4.79 Å². The fourth-order valence-electron chi connectivity index (χ4n) is 1.84. The number of anilines is 1. The summed E-state index contributed by atoms with van der Waals surface area (Å²) >= 11 is 5.23. The van der Waals surface area contributed by atoms with Gasteiger partial charge in [-0.2, -0.15) is 11.8 Å². The Kier molecular flexibility index (Phi) is 2.92. The molecule has 2 aromatic rings. The molecule has 17 heavy (non-hydrogen) atoms. The summed E-state index contributed by atoms with van der Waals surface area (Å²) in [6.45, 7) is 1.82. The molecule has 0 atom stereocenters. The van der Waals surface area contributed by atoms with Gasteiger partial charge in [0.25, 0.3) is 0 Å². The molecule has 4 nitrogen and oxygen atoms in total. The zero-order valence-corrected chi connectivity index (χ0v) is 11.3. The van der Waals surface area contributed by atoms with Crippen molar-refractivity contribution < 1.29 is 8.83 Å². The molecule has 90 valence electrons. The molecule has 0 saturated carbocycles. The number of thioether (sulfide) groups is 1. The summed E-state index contributed by atoms with van der Waals surface area (Å²) in [6.07, 6.45) is 1.48. The molecule has 1 aliphatic rings. The van der Waals surface area contributed by atoms with Crippen molar-refractivity contribution in [1.29, 1.82) is 0 Å². The number of hydrogen-bond acceptors (Lipinski definition) is 5. The number of halogens is 1. The highest BCUT2D eigenvalue weighted by Crippen LogP contribution is 2.28. The number of rotatable bonds is 1. The largest absolute Gasteiger partial charge is 0.456 e. The number of furan rings is 1. The Hall–Kier alpha value is -0.880. The van der Waals surface area contributed by atoms with Gasteiger partial charge in [0.2, 0.25) is 11.0 Å². The molecule has 2 aromatic heterocycles. The SMILES string of the molecule is O=c1cc(N2CCSCC2)oc2c(Br)coc12. The highest BCUT2D eigenvalue weighted by Gasteiger charge is 2.17. The molecule has 0 radical (unpaired) electrons. The molecule has 1 aliphatic heterocycles. The molecule has 1 fully saturated rings. The fraction of sp³-hybridized carbons (Fsp3) is 0.364. The maximum Gasteiger partial charge on any atom is 0.230 e. The van der Waals surface area contributed by atoms with Crippen LogP contribution in [0.15, 0.2) is 30.4 Å². The summed E-state index contributed by atoms with van der Waals surface area (Å²) in [7, 11) is 0. The predicted molar refractivity (Wildman–Crippen MR) is 72.0 cm³/mol. The van der Waals surface area contributed by atoms with Crippen LogP contribution in [0.4, 0.5) is 5.88 Å². The van der Waals surface area contributed by atoms with E-state index in [4.69, 9.17) is 8.83 Å². The average Bonchev–Trinajstić information content (AvgIpc) is 2.73. The van der Waals surface area contributed by atoms with Crippen molar-refractivity contribution >= 4 is 44.7 Å². The van der Waals surface area contributed by atoms with Crippen molar-refractivity contribution in [2.24, 2.45) is 0 Å². The molecule has 3 rings (SSSR count). The second-order valence-electron chi connectivity index (χ2n) is 3.79. The third-order valence-corrected chi connectivity index (χ3v) is 4.20. The second-order valence-corrected chi connectivity index (χ2v) is 5.87. The van der Waals surface area contributed by atoms with Crippen molar-refractivity contribution in [2.45, 2.75) is 0 Å². The van der Waals surface area contributed by atoms with Crippen molar-refractivity contribution in [3.8, 4) is 0 Å². The fourth-order valence-corrected chi connectivity index (χ4v) is 3.10. The first-order chi connectivity index (χ1) is 8.25. The lowest BCUT2D eigenvalue weighted by Crippen LogP contribution is -2.32. The van der Waals surface area contributed by atoms with E-state index in [1.165, 1.54) is 12.3 Å². The van der Waals surface area contributed by atoms with E-state index < -0.39 is 0 Å². The quantitative estimate of drug-likeness (QED) is 0.809. The van der Waals surface area contributed by atoms with Gasteiger partial charge in [0.1, 0.15) is 6.26 Å². The number of nitrogens with zero attached hydrogens (tertiary/aromatic N) is 1. The van der Waals surface area contributed by atoms with Gasteiger partial charge in [-0.1, -0.05) is 0 Å². The Bertz CT molecular complexity index is 600. The molecule has 6 heteroatoms. The summed E-state index contributed by atoms with van der Waals surface area (Å²) in [4.78, 5) is 13.9. The second kappa shape index (κ2) is 4.42. The minimum Gasteiger partial charge on any atom is -0.456 e. The molecule has 0 aromatic carbocycles. The molecule has 0 aliphatic carbocycles. The maximum atomic E-state index is 11.8. The van der Waals surface area contributed by atoms with Crippen LogP contribution in [0, 0.1) is 0 Å². The van der Waals surface area contributed by atoms with Crippen molar-refractivity contribution in [2.75, 3.05) is 29.5 Å². The minimum atomic E-state index is -0.134. The van der Waals surface area contributed by atoms with Crippen LogP contribution in [-0.4, -0.2) is 24.6 Å². The van der Waals surface area contributed by atoms with E-state index in [0.717, 1.165) is 24.6 Å². The smallest absolute Gasteiger partial charge is 0.230 e. The maximum absolute atomic E-state index is 11.8. The lowest BCUT2D eigenvalue weighted by molar-refractivity contribution is 0.563. The van der Waals surface area contributed by atoms with E-state index in [2.05, 4.69) is 20.8 Å². The van der Waals surface area contributed by atoms with Gasteiger partial charge >= 0.3 is 0 Å². The number of fused-ring (bicyclic) bond motifs is 1. The Morgan fingerprint density at radius 1 is 1.29 bits per heavy atom. The van der Waals surface area contributed by atoms with Gasteiger partial charge in [-0.05, 0) is 15.9 Å². The third-order valence-electron chi connectivity index (χ3n) is 2.71. The van der Waals surface area contributed by atoms with E-state index in [9.17, 15) is 4.79 Å². The summed E-state index contributed by atoms with van der Waals surface area (Å²) < 4.78 is 11.6. The van der Waals surface area contributed by atoms with Crippen LogP contribution in [-0.2, 0) is 0 Å². The van der Waals surface area contributed by atoms with Gasteiger partial charge in [-0.15, -0.1) is 0 Å². The number of hydrogen-bond donors (Lipinski definition) is 0. The van der Waals surface area contributed by atoms with Crippen molar-refractivity contribution in [3.63, 3.8) is 0 Å². The summed E-state index contributed by atoms with van der Waals surface area (Å²) in [5, 5.41) is 0. The Morgan fingerprint density at radius 3 is 2.82 bits per heavy atom. The Morgan fingerprint density at radius 2 is 2.06 bits per heavy atom. The first-order valence-electron chi connectivity index (χ1n) is 5.29. The highest BCUT2D eigenvalue weighted by atomic mass is 79.9. The molecule has 1 saturated heterocycles. The van der Waals surface area contributed by atoms with Crippen LogP contribution in [0.5, 0.6) is 0 Å². The van der Waals surface area contributed by atoms with Gasteiger partial charge in [0.05, 0.1) is 10.5 Å². The van der Waals surface area contributed by atoms with Gasteiger partial charge in [-0.25, -0.2) is 0 Å². The van der Waals surface area contributed by atoms with Crippen LogP contribution in [0.1, 0.15) is 0 Å². The molecule has 3 heterocycles. The van der Waals surface area contributed by atoms with E-state index >= 15 is 0 Å². The lowest BCUT2D eigenvalue weighted by Gasteiger charge is -2.26. The van der Waals surface area contributed by atoms with Crippen LogP contribution < -0.4 is 10.3 Å². The van der Waals surface area contributed by atoms with Crippen molar-refractivity contribution in [1.82, 2.24) is 0 Å². The normalized spacial score (nSPS) is 16.6.